The Labute approximate surface area is 111 Å². The van der Waals surface area contributed by atoms with Crippen molar-refractivity contribution in [2.45, 2.75) is 6.92 Å². The third kappa shape index (κ3) is 4.34. The van der Waals surface area contributed by atoms with Crippen molar-refractivity contribution in [1.82, 2.24) is 9.97 Å². The number of amidine groups is 1. The van der Waals surface area contributed by atoms with Crippen molar-refractivity contribution < 1.29 is 15.1 Å². The van der Waals surface area contributed by atoms with Crippen molar-refractivity contribution in [3.05, 3.63) is 17.5 Å². The molecule has 0 aliphatic carbocycles. The van der Waals surface area contributed by atoms with Crippen molar-refractivity contribution in [1.29, 1.82) is 0 Å². The minimum atomic E-state index is -0.0811. The molecule has 0 fully saturated rings. The maximum Gasteiger partial charge on any atom is 0.226 e. The number of hydrogen-bond acceptors (Lipinski definition) is 7. The van der Waals surface area contributed by atoms with Gasteiger partial charge in [0, 0.05) is 25.9 Å². The number of oxime groups is 1. The van der Waals surface area contributed by atoms with Crippen LogP contribution in [-0.2, 0) is 4.74 Å². The van der Waals surface area contributed by atoms with E-state index in [4.69, 9.17) is 20.8 Å². The molecule has 0 radical (unpaired) electrons. The van der Waals surface area contributed by atoms with Gasteiger partial charge in [-0.2, -0.15) is 0 Å². The van der Waals surface area contributed by atoms with Crippen LogP contribution < -0.4 is 10.6 Å². The molecule has 0 aliphatic rings. The molecule has 8 heteroatoms. The second-order valence-corrected chi connectivity index (χ2v) is 3.88. The van der Waals surface area contributed by atoms with E-state index in [1.807, 2.05) is 0 Å². The van der Waals surface area contributed by atoms with Gasteiger partial charge in [0.25, 0.3) is 0 Å². The molecular formula is C11H19N5O3. The highest BCUT2D eigenvalue weighted by molar-refractivity contribution is 5.95. The Morgan fingerprint density at radius 2 is 2.21 bits per heavy atom. The van der Waals surface area contributed by atoms with Gasteiger partial charge in [0.1, 0.15) is 5.69 Å². The van der Waals surface area contributed by atoms with Gasteiger partial charge < -0.3 is 25.7 Å². The minimum absolute atomic E-state index is 0.0279. The molecule has 0 saturated heterocycles. The Morgan fingerprint density at radius 1 is 1.47 bits per heavy atom. The summed E-state index contributed by atoms with van der Waals surface area (Å²) in [6.45, 7) is 3.15. The first-order chi connectivity index (χ1) is 9.12. The van der Waals surface area contributed by atoms with Gasteiger partial charge in [0.15, 0.2) is 5.84 Å². The Hall–Kier alpha value is -1.93. The summed E-state index contributed by atoms with van der Waals surface area (Å²) in [5.74, 6) is 0.329. The van der Waals surface area contributed by atoms with E-state index in [9.17, 15) is 0 Å². The lowest BCUT2D eigenvalue weighted by Crippen LogP contribution is -2.32. The van der Waals surface area contributed by atoms with E-state index in [0.29, 0.717) is 37.0 Å². The first-order valence-electron chi connectivity index (χ1n) is 5.80. The molecule has 0 aromatic carbocycles. The van der Waals surface area contributed by atoms with Crippen LogP contribution in [0.5, 0.6) is 0 Å². The molecule has 1 rings (SSSR count). The molecular weight excluding hydrogens is 250 g/mol. The Balaban J connectivity index is 3.04. The van der Waals surface area contributed by atoms with Crippen molar-refractivity contribution in [2.24, 2.45) is 10.9 Å². The summed E-state index contributed by atoms with van der Waals surface area (Å²) in [5, 5.41) is 20.7. The second kappa shape index (κ2) is 7.49. The van der Waals surface area contributed by atoms with Crippen LogP contribution in [0.15, 0.2) is 11.2 Å². The lowest BCUT2D eigenvalue weighted by atomic mass is 10.3. The number of aliphatic hydroxyl groups excluding tert-OH is 1. The molecule has 0 aliphatic heterocycles. The second-order valence-electron chi connectivity index (χ2n) is 3.88. The average molecular weight is 269 g/mol. The number of hydrogen-bond donors (Lipinski definition) is 3. The fourth-order valence-corrected chi connectivity index (χ4v) is 1.51. The average Bonchev–Trinajstić information content (AvgIpc) is 2.41. The molecule has 106 valence electrons. The highest BCUT2D eigenvalue weighted by atomic mass is 16.5. The van der Waals surface area contributed by atoms with E-state index in [2.05, 4.69) is 15.1 Å². The van der Waals surface area contributed by atoms with Gasteiger partial charge in [-0.3, -0.25) is 0 Å². The summed E-state index contributed by atoms with van der Waals surface area (Å²) in [5.41, 5.74) is 6.55. The van der Waals surface area contributed by atoms with Crippen molar-refractivity contribution in [3.63, 3.8) is 0 Å². The van der Waals surface area contributed by atoms with Crippen LogP contribution in [0.1, 0.15) is 11.4 Å². The van der Waals surface area contributed by atoms with Gasteiger partial charge in [-0.15, -0.1) is 0 Å². The first kappa shape index (κ1) is 15.1. The highest BCUT2D eigenvalue weighted by Gasteiger charge is 2.12. The van der Waals surface area contributed by atoms with Crippen LogP contribution in [0.4, 0.5) is 5.95 Å². The summed E-state index contributed by atoms with van der Waals surface area (Å²) in [6, 6.07) is 1.62. The first-order valence-corrected chi connectivity index (χ1v) is 5.80. The van der Waals surface area contributed by atoms with Crippen LogP contribution in [0.25, 0.3) is 0 Å². The molecule has 8 nitrogen and oxygen atoms in total. The van der Waals surface area contributed by atoms with Crippen molar-refractivity contribution >= 4 is 11.8 Å². The van der Waals surface area contributed by atoms with Gasteiger partial charge in [-0.25, -0.2) is 9.97 Å². The molecule has 1 aromatic rings. The number of methoxy groups -OCH3 is 1. The monoisotopic (exact) mass is 269 g/mol. The predicted octanol–water partition coefficient (Wildman–Crippen LogP) is -0.675. The fraction of sp³-hybridized carbons (Fsp3) is 0.545. The molecule has 4 N–H and O–H groups in total. The number of nitrogens with zero attached hydrogens (tertiary/aromatic N) is 4. The van der Waals surface area contributed by atoms with Crippen LogP contribution >= 0.6 is 0 Å². The van der Waals surface area contributed by atoms with Gasteiger partial charge in [-0.05, 0) is 13.0 Å². The predicted molar refractivity (Wildman–Crippen MR) is 70.5 cm³/mol. The van der Waals surface area contributed by atoms with E-state index >= 15 is 0 Å². The number of ether oxygens (including phenoxy) is 1. The van der Waals surface area contributed by atoms with E-state index in [0.717, 1.165) is 0 Å². The summed E-state index contributed by atoms with van der Waals surface area (Å²) in [7, 11) is 1.59. The summed E-state index contributed by atoms with van der Waals surface area (Å²) >= 11 is 0. The van der Waals surface area contributed by atoms with Crippen molar-refractivity contribution in [3.8, 4) is 0 Å². The highest BCUT2D eigenvalue weighted by Crippen LogP contribution is 2.10. The zero-order chi connectivity index (χ0) is 14.3. The van der Waals surface area contributed by atoms with Gasteiger partial charge in [0.05, 0.1) is 13.2 Å². The molecule has 0 spiro atoms. The molecule has 1 aromatic heterocycles. The fourth-order valence-electron chi connectivity index (χ4n) is 1.51. The van der Waals surface area contributed by atoms with Crippen LogP contribution in [-0.4, -0.2) is 59.5 Å². The standard InChI is InChI=1S/C11H19N5O3/c1-8-7-9(10(12)15-18)14-11(13-8)16(3-5-17)4-6-19-2/h7,17-18H,3-6H2,1-2H3,(H2,12,15). The van der Waals surface area contributed by atoms with Crippen LogP contribution in [0.3, 0.4) is 0 Å². The number of aromatic nitrogens is 2. The van der Waals surface area contributed by atoms with Crippen LogP contribution in [0, 0.1) is 6.92 Å². The normalized spacial score (nSPS) is 11.6. The van der Waals surface area contributed by atoms with E-state index in [1.165, 1.54) is 0 Å². The molecule has 1 heterocycles. The van der Waals surface area contributed by atoms with Gasteiger partial charge in [-0.1, -0.05) is 5.16 Å². The van der Waals surface area contributed by atoms with E-state index < -0.39 is 0 Å². The maximum absolute atomic E-state index is 9.06. The minimum Gasteiger partial charge on any atom is -0.409 e. The topological polar surface area (TPSA) is 117 Å². The summed E-state index contributed by atoms with van der Waals surface area (Å²) in [6.07, 6.45) is 0. The van der Waals surface area contributed by atoms with Crippen molar-refractivity contribution in [2.75, 3.05) is 38.3 Å². The third-order valence-corrected chi connectivity index (χ3v) is 2.43. The largest absolute Gasteiger partial charge is 0.409 e. The number of anilines is 1. The van der Waals surface area contributed by atoms with Gasteiger partial charge >= 0.3 is 0 Å². The smallest absolute Gasteiger partial charge is 0.226 e. The van der Waals surface area contributed by atoms with E-state index in [-0.39, 0.29) is 12.4 Å². The molecule has 0 bridgehead atoms. The SMILES string of the molecule is COCCN(CCO)c1nc(C)cc(/C(N)=N/O)n1. The number of aliphatic hydroxyl groups is 1. The quantitative estimate of drug-likeness (QED) is 0.260. The molecule has 0 atom stereocenters. The Kier molecular flexibility index (Phi) is 5.97. The lowest BCUT2D eigenvalue weighted by molar-refractivity contribution is 0.202. The number of rotatable bonds is 7. The number of aryl methyl sites for hydroxylation is 1. The zero-order valence-corrected chi connectivity index (χ0v) is 11.1. The maximum atomic E-state index is 9.06. The lowest BCUT2D eigenvalue weighted by Gasteiger charge is -2.21. The summed E-state index contributed by atoms with van der Waals surface area (Å²) < 4.78 is 5.00. The van der Waals surface area contributed by atoms with Crippen LogP contribution in [0.2, 0.25) is 0 Å². The summed E-state index contributed by atoms with van der Waals surface area (Å²) in [4.78, 5) is 10.3. The molecule has 0 unspecified atom stereocenters. The Morgan fingerprint density at radius 3 is 2.79 bits per heavy atom. The zero-order valence-electron chi connectivity index (χ0n) is 11.1. The number of nitrogens with two attached hydrogens (primary N) is 1. The molecule has 0 amide bonds. The Bertz CT molecular complexity index is 438. The van der Waals surface area contributed by atoms with E-state index in [1.54, 1.807) is 25.0 Å². The molecule has 0 saturated carbocycles. The van der Waals surface area contributed by atoms with Gasteiger partial charge in [0.2, 0.25) is 5.95 Å². The third-order valence-electron chi connectivity index (χ3n) is 2.43. The molecule has 19 heavy (non-hydrogen) atoms.